The largest absolute Gasteiger partial charge is 0.0651 e. The summed E-state index contributed by atoms with van der Waals surface area (Å²) < 4.78 is 0. The van der Waals surface area contributed by atoms with Crippen molar-refractivity contribution in [2.75, 3.05) is 0 Å². The Balaban J connectivity index is 2.71. The van der Waals surface area contributed by atoms with E-state index in [0.29, 0.717) is 10.8 Å². The van der Waals surface area contributed by atoms with Crippen LogP contribution in [-0.2, 0) is 0 Å². The molecule has 66 valence electrons. The van der Waals surface area contributed by atoms with Gasteiger partial charge in [-0.3, -0.25) is 0 Å². The lowest BCUT2D eigenvalue weighted by Gasteiger charge is -2.25. The summed E-state index contributed by atoms with van der Waals surface area (Å²) in [6, 6.07) is 0. The number of hydrogen-bond acceptors (Lipinski definition) is 0. The average Bonchev–Trinajstić information content (AvgIpc) is 1.99. The van der Waals surface area contributed by atoms with Gasteiger partial charge in [0, 0.05) is 0 Å². The Morgan fingerprint density at radius 2 is 1.73 bits per heavy atom. The van der Waals surface area contributed by atoms with Gasteiger partial charge in [0.2, 0.25) is 0 Å². The third-order valence-corrected chi connectivity index (χ3v) is 3.33. The van der Waals surface area contributed by atoms with Gasteiger partial charge in [-0.15, -0.1) is 0 Å². The second kappa shape index (κ2) is 2.50. The summed E-state index contributed by atoms with van der Waals surface area (Å²) in [6.45, 7) is 12.0. The van der Waals surface area contributed by atoms with Crippen molar-refractivity contribution in [2.24, 2.45) is 16.7 Å². The maximum atomic E-state index is 2.43. The normalized spacial score (nSPS) is 34.1. The molecule has 0 nitrogen and oxygen atoms in total. The van der Waals surface area contributed by atoms with Gasteiger partial charge >= 0.3 is 0 Å². The molecule has 1 atom stereocenters. The van der Waals surface area contributed by atoms with Crippen molar-refractivity contribution in [1.29, 1.82) is 0 Å². The van der Waals surface area contributed by atoms with Crippen LogP contribution in [0.2, 0.25) is 0 Å². The van der Waals surface area contributed by atoms with Crippen molar-refractivity contribution in [1.82, 2.24) is 0 Å². The second-order valence-electron chi connectivity index (χ2n) is 5.64. The van der Waals surface area contributed by atoms with Gasteiger partial charge in [-0.25, -0.2) is 0 Å². The smallest absolute Gasteiger partial charge is 0.0321 e. The minimum absolute atomic E-state index is 0.595. The van der Waals surface area contributed by atoms with Crippen molar-refractivity contribution in [3.8, 4) is 0 Å². The summed E-state index contributed by atoms with van der Waals surface area (Å²) in [7, 11) is 0. The summed E-state index contributed by atoms with van der Waals surface area (Å²) >= 11 is 0. The monoisotopic (exact) mass is 154 g/mol. The molecular weight excluding hydrogens is 132 g/mol. The van der Waals surface area contributed by atoms with Crippen molar-refractivity contribution in [3.05, 3.63) is 0 Å². The molecule has 0 aromatic rings. The lowest BCUT2D eigenvalue weighted by molar-refractivity contribution is 0.247. The Bertz CT molecular complexity index is 142. The minimum atomic E-state index is 0.595. The molecule has 11 heavy (non-hydrogen) atoms. The van der Waals surface area contributed by atoms with Crippen molar-refractivity contribution < 1.29 is 0 Å². The van der Waals surface area contributed by atoms with Crippen LogP contribution in [0.1, 0.15) is 53.9 Å². The Kier molecular flexibility index (Phi) is 2.07. The molecule has 1 fully saturated rings. The van der Waals surface area contributed by atoms with Crippen LogP contribution in [0.5, 0.6) is 0 Å². The summed E-state index contributed by atoms with van der Waals surface area (Å²) in [4.78, 5) is 0. The molecule has 0 spiro atoms. The Labute approximate surface area is 71.4 Å². The first-order chi connectivity index (χ1) is 4.87. The molecule has 1 aliphatic rings. The standard InChI is InChI=1S/C11H22/c1-6-9-7-10(2,3)8-11(9,4)5/h9H,6-8H2,1-5H3. The molecule has 1 unspecified atom stereocenters. The molecule has 0 heterocycles. The molecule has 0 bridgehead atoms. The van der Waals surface area contributed by atoms with Crippen LogP contribution in [-0.4, -0.2) is 0 Å². The van der Waals surface area contributed by atoms with Crippen LogP contribution in [0, 0.1) is 16.7 Å². The first-order valence-electron chi connectivity index (χ1n) is 4.87. The van der Waals surface area contributed by atoms with Gasteiger partial charge < -0.3 is 0 Å². The highest BCUT2D eigenvalue weighted by Gasteiger charge is 2.43. The van der Waals surface area contributed by atoms with Crippen LogP contribution >= 0.6 is 0 Å². The minimum Gasteiger partial charge on any atom is -0.0651 e. The highest BCUT2D eigenvalue weighted by atomic mass is 14.5. The van der Waals surface area contributed by atoms with Gasteiger partial charge in [0.05, 0.1) is 0 Å². The quantitative estimate of drug-likeness (QED) is 0.538. The van der Waals surface area contributed by atoms with Crippen molar-refractivity contribution in [3.63, 3.8) is 0 Å². The van der Waals surface area contributed by atoms with Crippen LogP contribution in [0.25, 0.3) is 0 Å². The maximum absolute atomic E-state index is 2.43. The highest BCUT2D eigenvalue weighted by Crippen LogP contribution is 2.53. The molecule has 0 aromatic carbocycles. The summed E-state index contributed by atoms with van der Waals surface area (Å²) in [5.74, 6) is 0.956. The Morgan fingerprint density at radius 3 is 1.91 bits per heavy atom. The number of rotatable bonds is 1. The third kappa shape index (κ3) is 1.77. The van der Waals surface area contributed by atoms with Gasteiger partial charge in [-0.2, -0.15) is 0 Å². The molecule has 1 rings (SSSR count). The van der Waals surface area contributed by atoms with Gasteiger partial charge in [0.1, 0.15) is 0 Å². The Morgan fingerprint density at radius 1 is 1.18 bits per heavy atom. The topological polar surface area (TPSA) is 0 Å². The summed E-state index contributed by atoms with van der Waals surface area (Å²) in [6.07, 6.45) is 4.19. The zero-order valence-corrected chi connectivity index (χ0v) is 8.70. The van der Waals surface area contributed by atoms with Crippen molar-refractivity contribution >= 4 is 0 Å². The first kappa shape index (κ1) is 9.09. The second-order valence-corrected chi connectivity index (χ2v) is 5.64. The molecule has 0 N–H and O–H groups in total. The fourth-order valence-corrected chi connectivity index (χ4v) is 3.09. The molecule has 0 radical (unpaired) electrons. The summed E-state index contributed by atoms with van der Waals surface area (Å²) in [5.41, 5.74) is 1.20. The fraction of sp³-hybridized carbons (Fsp3) is 1.00. The van der Waals surface area contributed by atoms with E-state index in [9.17, 15) is 0 Å². The zero-order chi connectivity index (χ0) is 8.70. The molecule has 0 aromatic heterocycles. The molecular formula is C11H22. The van der Waals surface area contributed by atoms with Crippen LogP contribution in [0.3, 0.4) is 0 Å². The van der Waals surface area contributed by atoms with Crippen LogP contribution < -0.4 is 0 Å². The van der Waals surface area contributed by atoms with E-state index in [2.05, 4.69) is 34.6 Å². The van der Waals surface area contributed by atoms with E-state index in [0.717, 1.165) is 5.92 Å². The Hall–Kier alpha value is 0. The van der Waals surface area contributed by atoms with E-state index in [4.69, 9.17) is 0 Å². The number of hydrogen-bond donors (Lipinski definition) is 0. The SMILES string of the molecule is CCC1CC(C)(C)CC1(C)C. The molecule has 0 heteroatoms. The van der Waals surface area contributed by atoms with E-state index in [-0.39, 0.29) is 0 Å². The van der Waals surface area contributed by atoms with Crippen LogP contribution in [0.15, 0.2) is 0 Å². The molecule has 0 saturated heterocycles. The van der Waals surface area contributed by atoms with Gasteiger partial charge in [-0.1, -0.05) is 41.0 Å². The van der Waals surface area contributed by atoms with E-state index < -0.39 is 0 Å². The third-order valence-electron chi connectivity index (χ3n) is 3.33. The van der Waals surface area contributed by atoms with Crippen LogP contribution in [0.4, 0.5) is 0 Å². The molecule has 0 amide bonds. The molecule has 0 aliphatic heterocycles. The average molecular weight is 154 g/mol. The fourth-order valence-electron chi connectivity index (χ4n) is 3.09. The van der Waals surface area contributed by atoms with E-state index >= 15 is 0 Å². The first-order valence-corrected chi connectivity index (χ1v) is 4.87. The maximum Gasteiger partial charge on any atom is -0.0321 e. The molecule has 1 aliphatic carbocycles. The molecule has 1 saturated carbocycles. The summed E-state index contributed by atoms with van der Waals surface area (Å²) in [5, 5.41) is 0. The van der Waals surface area contributed by atoms with Crippen molar-refractivity contribution in [2.45, 2.75) is 53.9 Å². The van der Waals surface area contributed by atoms with E-state index in [1.54, 1.807) is 0 Å². The van der Waals surface area contributed by atoms with E-state index in [1.165, 1.54) is 19.3 Å². The van der Waals surface area contributed by atoms with Gasteiger partial charge in [0.25, 0.3) is 0 Å². The van der Waals surface area contributed by atoms with Gasteiger partial charge in [0.15, 0.2) is 0 Å². The predicted molar refractivity (Wildman–Crippen MR) is 50.6 cm³/mol. The van der Waals surface area contributed by atoms with E-state index in [1.807, 2.05) is 0 Å². The lowest BCUT2D eigenvalue weighted by atomic mass is 9.80. The van der Waals surface area contributed by atoms with Gasteiger partial charge in [-0.05, 0) is 29.6 Å². The zero-order valence-electron chi connectivity index (χ0n) is 8.70. The lowest BCUT2D eigenvalue weighted by Crippen LogP contribution is -2.16. The highest BCUT2D eigenvalue weighted by molar-refractivity contribution is 4.93. The predicted octanol–water partition coefficient (Wildman–Crippen LogP) is 3.86.